The first-order chi connectivity index (χ1) is 12.2. The summed E-state index contributed by atoms with van der Waals surface area (Å²) in [6.07, 6.45) is 0.928. The van der Waals surface area contributed by atoms with E-state index < -0.39 is 0 Å². The van der Waals surface area contributed by atoms with Gasteiger partial charge in [-0.05, 0) is 42.5 Å². The summed E-state index contributed by atoms with van der Waals surface area (Å²) in [6, 6.07) is 11.8. The number of nitrogens with zero attached hydrogens (tertiary/aromatic N) is 1. The normalized spacial score (nSPS) is 10.8. The van der Waals surface area contributed by atoms with Gasteiger partial charge in [0.25, 0.3) is 5.91 Å². The zero-order valence-corrected chi connectivity index (χ0v) is 18.4. The first-order valence-electron chi connectivity index (χ1n) is 8.64. The summed E-state index contributed by atoms with van der Waals surface area (Å²) in [5.41, 5.74) is 1.69. The minimum absolute atomic E-state index is 0. The molecular formula is C19H27IN4OS. The van der Waals surface area contributed by atoms with Crippen molar-refractivity contribution in [3.8, 4) is 0 Å². The van der Waals surface area contributed by atoms with E-state index in [0.29, 0.717) is 18.7 Å². The molecule has 142 valence electrons. The lowest BCUT2D eigenvalue weighted by atomic mass is 10.1. The Kier molecular flexibility index (Phi) is 11.0. The van der Waals surface area contributed by atoms with Gasteiger partial charge in [-0.3, -0.25) is 4.79 Å². The molecule has 2 aromatic rings. The van der Waals surface area contributed by atoms with Crippen molar-refractivity contribution >= 4 is 47.2 Å². The zero-order chi connectivity index (χ0) is 17.9. The van der Waals surface area contributed by atoms with E-state index in [0.717, 1.165) is 31.0 Å². The van der Waals surface area contributed by atoms with Gasteiger partial charge in [-0.1, -0.05) is 25.1 Å². The number of carbonyl (C=O) groups is 1. The molecule has 0 atom stereocenters. The minimum Gasteiger partial charge on any atom is -0.357 e. The summed E-state index contributed by atoms with van der Waals surface area (Å²) in [5.74, 6) is 0.743. The molecular weight excluding hydrogens is 459 g/mol. The highest BCUT2D eigenvalue weighted by molar-refractivity contribution is 14.0. The van der Waals surface area contributed by atoms with E-state index in [2.05, 4.69) is 32.4 Å². The van der Waals surface area contributed by atoms with Crippen molar-refractivity contribution in [3.63, 3.8) is 0 Å². The van der Waals surface area contributed by atoms with Crippen LogP contribution in [0.25, 0.3) is 0 Å². The van der Waals surface area contributed by atoms with E-state index in [1.54, 1.807) is 11.3 Å². The quantitative estimate of drug-likeness (QED) is 0.303. The van der Waals surface area contributed by atoms with Crippen molar-refractivity contribution in [2.24, 2.45) is 4.99 Å². The average molecular weight is 486 g/mol. The molecule has 0 aliphatic heterocycles. The maximum absolute atomic E-state index is 12.1. The molecule has 1 amide bonds. The molecule has 5 nitrogen and oxygen atoms in total. The van der Waals surface area contributed by atoms with Crippen molar-refractivity contribution in [1.82, 2.24) is 16.0 Å². The molecule has 0 saturated heterocycles. The number of halogens is 1. The number of carbonyl (C=O) groups excluding carboxylic acids is 1. The van der Waals surface area contributed by atoms with Crippen molar-refractivity contribution < 1.29 is 4.79 Å². The molecule has 0 aliphatic carbocycles. The summed E-state index contributed by atoms with van der Waals surface area (Å²) >= 11 is 1.72. The van der Waals surface area contributed by atoms with Crippen LogP contribution in [-0.4, -0.2) is 25.0 Å². The van der Waals surface area contributed by atoms with E-state index in [1.807, 2.05) is 44.2 Å². The molecule has 0 spiro atoms. The number of thiophene rings is 1. The predicted molar refractivity (Wildman–Crippen MR) is 120 cm³/mol. The first kappa shape index (κ1) is 22.4. The van der Waals surface area contributed by atoms with E-state index in [9.17, 15) is 4.79 Å². The lowest BCUT2D eigenvalue weighted by Crippen LogP contribution is -2.36. The molecule has 0 bridgehead atoms. The van der Waals surface area contributed by atoms with Crippen LogP contribution in [0.5, 0.6) is 0 Å². The Balaban J connectivity index is 0.00000338. The molecule has 0 fully saturated rings. The number of amides is 1. The Morgan fingerprint density at radius 1 is 1.12 bits per heavy atom. The van der Waals surface area contributed by atoms with Crippen LogP contribution in [-0.2, 0) is 13.1 Å². The maximum Gasteiger partial charge on any atom is 0.251 e. The minimum atomic E-state index is -0.0320. The van der Waals surface area contributed by atoms with Gasteiger partial charge < -0.3 is 16.0 Å². The Labute approximate surface area is 176 Å². The van der Waals surface area contributed by atoms with Crippen LogP contribution in [0.2, 0.25) is 0 Å². The van der Waals surface area contributed by atoms with Crippen molar-refractivity contribution in [2.75, 3.05) is 13.1 Å². The predicted octanol–water partition coefficient (Wildman–Crippen LogP) is 3.76. The standard InChI is InChI=1S/C19H26N4OS.HI/c1-3-10-21-18(24)16-8-5-7-15(12-16)13-22-19(20-4-2)23-14-17-9-6-11-25-17;/h5-9,11-12H,3-4,10,13-14H2,1-2H3,(H,21,24)(H2,20,22,23);1H. The Hall–Kier alpha value is -1.61. The van der Waals surface area contributed by atoms with Crippen LogP contribution in [0, 0.1) is 0 Å². The largest absolute Gasteiger partial charge is 0.357 e. The summed E-state index contributed by atoms with van der Waals surface area (Å²) in [4.78, 5) is 17.9. The summed E-state index contributed by atoms with van der Waals surface area (Å²) in [6.45, 7) is 6.85. The number of hydrogen-bond donors (Lipinski definition) is 3. The molecule has 0 aliphatic rings. The smallest absolute Gasteiger partial charge is 0.251 e. The van der Waals surface area contributed by atoms with Gasteiger partial charge >= 0.3 is 0 Å². The third kappa shape index (κ3) is 7.74. The van der Waals surface area contributed by atoms with Gasteiger partial charge in [0.05, 0.1) is 13.1 Å². The molecule has 0 radical (unpaired) electrons. The second-order valence-electron chi connectivity index (χ2n) is 5.58. The highest BCUT2D eigenvalue weighted by Crippen LogP contribution is 2.08. The van der Waals surface area contributed by atoms with Gasteiger partial charge in [0.2, 0.25) is 0 Å². The fraction of sp³-hybridized carbons (Fsp3) is 0.368. The van der Waals surface area contributed by atoms with Gasteiger partial charge in [0.15, 0.2) is 5.96 Å². The van der Waals surface area contributed by atoms with Crippen LogP contribution in [0.4, 0.5) is 0 Å². The number of rotatable bonds is 8. The van der Waals surface area contributed by atoms with Crippen LogP contribution in [0.3, 0.4) is 0 Å². The first-order valence-corrected chi connectivity index (χ1v) is 9.52. The van der Waals surface area contributed by atoms with E-state index in [1.165, 1.54) is 4.88 Å². The number of nitrogens with one attached hydrogen (secondary N) is 3. The van der Waals surface area contributed by atoms with Crippen molar-refractivity contribution in [3.05, 3.63) is 57.8 Å². The summed E-state index contributed by atoms with van der Waals surface area (Å²) in [5, 5.41) is 11.5. The molecule has 0 saturated carbocycles. The van der Waals surface area contributed by atoms with E-state index in [-0.39, 0.29) is 29.9 Å². The van der Waals surface area contributed by atoms with Gasteiger partial charge in [-0.25, -0.2) is 4.99 Å². The van der Waals surface area contributed by atoms with Crippen LogP contribution in [0.1, 0.15) is 41.1 Å². The third-order valence-electron chi connectivity index (χ3n) is 3.50. The number of hydrogen-bond acceptors (Lipinski definition) is 3. The zero-order valence-electron chi connectivity index (χ0n) is 15.2. The molecule has 7 heteroatoms. The third-order valence-corrected chi connectivity index (χ3v) is 4.38. The summed E-state index contributed by atoms with van der Waals surface area (Å²) < 4.78 is 0. The van der Waals surface area contributed by atoms with E-state index in [4.69, 9.17) is 0 Å². The highest BCUT2D eigenvalue weighted by atomic mass is 127. The van der Waals surface area contributed by atoms with Crippen molar-refractivity contribution in [1.29, 1.82) is 0 Å². The fourth-order valence-corrected chi connectivity index (χ4v) is 2.89. The molecule has 2 rings (SSSR count). The number of aliphatic imine (C=N–C) groups is 1. The lowest BCUT2D eigenvalue weighted by molar-refractivity contribution is 0.0953. The number of guanidine groups is 1. The molecule has 0 unspecified atom stereocenters. The Morgan fingerprint density at radius 3 is 2.65 bits per heavy atom. The fourth-order valence-electron chi connectivity index (χ4n) is 2.25. The Bertz CT molecular complexity index is 689. The second-order valence-corrected chi connectivity index (χ2v) is 6.62. The van der Waals surface area contributed by atoms with Crippen LogP contribution in [0.15, 0.2) is 46.8 Å². The molecule has 3 N–H and O–H groups in total. The molecule has 26 heavy (non-hydrogen) atoms. The van der Waals surface area contributed by atoms with Gasteiger partial charge in [-0.2, -0.15) is 0 Å². The lowest BCUT2D eigenvalue weighted by Gasteiger charge is -2.11. The van der Waals surface area contributed by atoms with Gasteiger partial charge in [-0.15, -0.1) is 35.3 Å². The molecule has 1 aromatic heterocycles. The Morgan fingerprint density at radius 2 is 1.96 bits per heavy atom. The van der Waals surface area contributed by atoms with Gasteiger partial charge in [0, 0.05) is 23.5 Å². The van der Waals surface area contributed by atoms with Gasteiger partial charge in [0.1, 0.15) is 0 Å². The van der Waals surface area contributed by atoms with Crippen molar-refractivity contribution in [2.45, 2.75) is 33.4 Å². The van der Waals surface area contributed by atoms with Crippen LogP contribution >= 0.6 is 35.3 Å². The average Bonchev–Trinajstić information content (AvgIpc) is 3.16. The van der Waals surface area contributed by atoms with Crippen LogP contribution < -0.4 is 16.0 Å². The maximum atomic E-state index is 12.1. The SMILES string of the molecule is CCCNC(=O)c1cccc(CN=C(NCC)NCc2cccs2)c1.I. The monoisotopic (exact) mass is 486 g/mol. The summed E-state index contributed by atoms with van der Waals surface area (Å²) in [7, 11) is 0. The van der Waals surface area contributed by atoms with E-state index >= 15 is 0 Å². The molecule has 1 heterocycles. The highest BCUT2D eigenvalue weighted by Gasteiger charge is 2.05. The number of benzene rings is 1. The second kappa shape index (κ2) is 12.7. The topological polar surface area (TPSA) is 65.5 Å². The molecule has 1 aromatic carbocycles.